The molecule has 0 bridgehead atoms. The van der Waals surface area contributed by atoms with Gasteiger partial charge in [0.05, 0.1) is 15.6 Å². The SMILES string of the molecule is CCCOCC(=O)Nc1c(S(=O)C(F)(F)F)c(C#N)nn1-c1c(Cl)cc(C(F)(F)F)cc1Cl. The van der Waals surface area contributed by atoms with Gasteiger partial charge in [-0.15, -0.1) is 0 Å². The predicted molar refractivity (Wildman–Crippen MR) is 106 cm³/mol. The molecule has 1 N–H and O–H groups in total. The zero-order valence-corrected chi connectivity index (χ0v) is 18.6. The summed E-state index contributed by atoms with van der Waals surface area (Å²) in [7, 11) is -3.86. The van der Waals surface area contributed by atoms with E-state index in [0.717, 1.165) is 0 Å². The summed E-state index contributed by atoms with van der Waals surface area (Å²) < 4.78 is 96.2. The van der Waals surface area contributed by atoms with Gasteiger partial charge in [-0.05, 0) is 18.6 Å². The molecule has 0 radical (unpaired) electrons. The van der Waals surface area contributed by atoms with E-state index in [2.05, 4.69) is 5.10 Å². The molecule has 1 heterocycles. The standard InChI is InChI=1S/C17H12Cl2F6N4O3S/c1-2-3-32-7-12(30)27-15-14(33(31)17(23,24)25)11(6-26)28-29(15)13-9(18)4-8(5-10(13)19)16(20,21)22/h4-5H,2-3,7H2,1H3,(H,27,30). The van der Waals surface area contributed by atoms with E-state index < -0.39 is 72.7 Å². The maximum absolute atomic E-state index is 13.2. The molecule has 0 aliphatic rings. The predicted octanol–water partition coefficient (Wildman–Crippen LogP) is 5.06. The van der Waals surface area contributed by atoms with Crippen LogP contribution in [0.3, 0.4) is 0 Å². The van der Waals surface area contributed by atoms with Crippen molar-refractivity contribution in [3.63, 3.8) is 0 Å². The summed E-state index contributed by atoms with van der Waals surface area (Å²) in [5.74, 6) is -1.94. The number of anilines is 1. The van der Waals surface area contributed by atoms with Gasteiger partial charge in [-0.2, -0.15) is 36.7 Å². The zero-order valence-electron chi connectivity index (χ0n) is 16.3. The quantitative estimate of drug-likeness (QED) is 0.394. The third-order valence-corrected chi connectivity index (χ3v) is 5.49. The van der Waals surface area contributed by atoms with E-state index in [1.165, 1.54) is 6.07 Å². The summed E-state index contributed by atoms with van der Waals surface area (Å²) in [6.45, 7) is 1.23. The molecule has 1 atom stereocenters. The van der Waals surface area contributed by atoms with Crippen LogP contribution in [0.25, 0.3) is 5.69 Å². The number of alkyl halides is 6. The van der Waals surface area contributed by atoms with E-state index in [1.54, 1.807) is 6.92 Å². The lowest BCUT2D eigenvalue weighted by atomic mass is 10.2. The van der Waals surface area contributed by atoms with Crippen molar-refractivity contribution in [2.75, 3.05) is 18.5 Å². The average Bonchev–Trinajstić information content (AvgIpc) is 3.03. The lowest BCUT2D eigenvalue weighted by Crippen LogP contribution is -2.23. The first-order chi connectivity index (χ1) is 15.2. The van der Waals surface area contributed by atoms with E-state index in [-0.39, 0.29) is 6.61 Å². The van der Waals surface area contributed by atoms with Gasteiger partial charge in [0.1, 0.15) is 23.3 Å². The van der Waals surface area contributed by atoms with Crippen LogP contribution in [0.1, 0.15) is 24.6 Å². The first kappa shape index (κ1) is 26.9. The Bertz CT molecular complexity index is 1100. The molecule has 0 aliphatic heterocycles. The fourth-order valence-electron chi connectivity index (χ4n) is 2.45. The molecule has 16 heteroatoms. The number of hydrogen-bond donors (Lipinski definition) is 1. The molecule has 1 aromatic carbocycles. The number of nitrogens with one attached hydrogen (secondary N) is 1. The Morgan fingerprint density at radius 1 is 1.24 bits per heavy atom. The molecule has 1 aromatic heterocycles. The van der Waals surface area contributed by atoms with Gasteiger partial charge in [-0.1, -0.05) is 30.1 Å². The minimum Gasteiger partial charge on any atom is -0.372 e. The number of amides is 1. The molecule has 33 heavy (non-hydrogen) atoms. The highest BCUT2D eigenvalue weighted by molar-refractivity contribution is 7.86. The second-order valence-corrected chi connectivity index (χ2v) is 8.37. The van der Waals surface area contributed by atoms with Crippen LogP contribution in [-0.4, -0.2) is 38.6 Å². The van der Waals surface area contributed by atoms with Crippen LogP contribution in [0.15, 0.2) is 17.0 Å². The number of benzene rings is 1. The van der Waals surface area contributed by atoms with Crippen LogP contribution in [0.2, 0.25) is 10.0 Å². The molecule has 2 aromatic rings. The monoisotopic (exact) mass is 536 g/mol. The van der Waals surface area contributed by atoms with Gasteiger partial charge in [0.25, 0.3) is 5.91 Å². The number of aromatic nitrogens is 2. The van der Waals surface area contributed by atoms with Crippen molar-refractivity contribution < 1.29 is 40.1 Å². The van der Waals surface area contributed by atoms with Crippen molar-refractivity contribution in [1.82, 2.24) is 9.78 Å². The highest BCUT2D eigenvalue weighted by Gasteiger charge is 2.43. The highest BCUT2D eigenvalue weighted by Crippen LogP contribution is 2.41. The summed E-state index contributed by atoms with van der Waals surface area (Å²) >= 11 is 11.8. The summed E-state index contributed by atoms with van der Waals surface area (Å²) in [5.41, 5.74) is -8.25. The first-order valence-electron chi connectivity index (χ1n) is 8.68. The average molecular weight is 537 g/mol. The molecular weight excluding hydrogens is 525 g/mol. The zero-order chi connectivity index (χ0) is 25.1. The Morgan fingerprint density at radius 3 is 2.27 bits per heavy atom. The van der Waals surface area contributed by atoms with Gasteiger partial charge in [-0.25, -0.2) is 8.89 Å². The molecule has 0 saturated carbocycles. The van der Waals surface area contributed by atoms with Crippen molar-refractivity contribution >= 4 is 45.7 Å². The summed E-state index contributed by atoms with van der Waals surface area (Å²) in [5, 5.41) is 13.3. The number of carbonyl (C=O) groups excluding carboxylic acids is 1. The Hall–Kier alpha value is -2.34. The van der Waals surface area contributed by atoms with E-state index >= 15 is 0 Å². The molecule has 1 unspecified atom stereocenters. The van der Waals surface area contributed by atoms with Gasteiger partial charge in [0, 0.05) is 6.61 Å². The number of nitriles is 1. The van der Waals surface area contributed by atoms with Crippen molar-refractivity contribution in [2.45, 2.75) is 29.9 Å². The molecule has 0 fully saturated rings. The Morgan fingerprint density at radius 2 is 1.82 bits per heavy atom. The molecule has 1 amide bonds. The van der Waals surface area contributed by atoms with Crippen LogP contribution in [0.4, 0.5) is 32.2 Å². The van der Waals surface area contributed by atoms with Gasteiger partial charge in [-0.3, -0.25) is 4.79 Å². The number of nitrogens with zero attached hydrogens (tertiary/aromatic N) is 3. The van der Waals surface area contributed by atoms with E-state index in [0.29, 0.717) is 23.2 Å². The molecule has 2 rings (SSSR count). The summed E-state index contributed by atoms with van der Waals surface area (Å²) in [4.78, 5) is 11.0. The highest BCUT2D eigenvalue weighted by atomic mass is 35.5. The largest absolute Gasteiger partial charge is 0.476 e. The number of ether oxygens (including phenoxy) is 1. The second-order valence-electron chi connectivity index (χ2n) is 6.15. The molecule has 180 valence electrons. The summed E-state index contributed by atoms with van der Waals surface area (Å²) in [6.07, 6.45) is -4.34. The fraction of sp³-hybridized carbons (Fsp3) is 0.353. The van der Waals surface area contributed by atoms with Crippen molar-refractivity contribution in [1.29, 1.82) is 5.26 Å². The fourth-order valence-corrected chi connectivity index (χ4v) is 3.90. The maximum atomic E-state index is 13.2. The Kier molecular flexibility index (Phi) is 8.39. The number of rotatable bonds is 7. The van der Waals surface area contributed by atoms with E-state index in [1.807, 2.05) is 5.32 Å². The summed E-state index contributed by atoms with van der Waals surface area (Å²) in [6, 6.07) is 2.15. The lowest BCUT2D eigenvalue weighted by molar-refractivity contribution is -0.137. The van der Waals surface area contributed by atoms with Gasteiger partial charge in [0.15, 0.2) is 22.3 Å². The van der Waals surface area contributed by atoms with Crippen LogP contribution >= 0.6 is 23.2 Å². The Balaban J connectivity index is 2.76. The first-order valence-corrected chi connectivity index (χ1v) is 10.6. The van der Waals surface area contributed by atoms with E-state index in [4.69, 9.17) is 27.9 Å². The molecule has 0 aliphatic carbocycles. The van der Waals surface area contributed by atoms with Crippen molar-refractivity contribution in [3.8, 4) is 11.8 Å². The van der Waals surface area contributed by atoms with Crippen LogP contribution in [-0.2, 0) is 26.5 Å². The third kappa shape index (κ3) is 6.17. The van der Waals surface area contributed by atoms with Crippen LogP contribution in [0.5, 0.6) is 0 Å². The number of carbonyl (C=O) groups is 1. The lowest BCUT2D eigenvalue weighted by Gasteiger charge is -2.16. The van der Waals surface area contributed by atoms with Crippen LogP contribution < -0.4 is 5.32 Å². The smallest absolute Gasteiger partial charge is 0.372 e. The maximum Gasteiger partial charge on any atom is 0.476 e. The topological polar surface area (TPSA) is 97.0 Å². The van der Waals surface area contributed by atoms with E-state index in [9.17, 15) is 40.6 Å². The van der Waals surface area contributed by atoms with Crippen molar-refractivity contribution in [3.05, 3.63) is 33.4 Å². The molecular formula is C17H12Cl2F6N4O3S. The van der Waals surface area contributed by atoms with Crippen molar-refractivity contribution in [2.24, 2.45) is 0 Å². The van der Waals surface area contributed by atoms with Gasteiger partial charge in [0.2, 0.25) is 0 Å². The second kappa shape index (κ2) is 10.3. The Labute approximate surface area is 194 Å². The normalized spacial score (nSPS) is 13.0. The minimum atomic E-state index is -5.37. The molecule has 7 nitrogen and oxygen atoms in total. The number of halogens is 8. The molecule has 0 saturated heterocycles. The van der Waals surface area contributed by atoms with Crippen LogP contribution in [0, 0.1) is 11.3 Å². The third-order valence-electron chi connectivity index (χ3n) is 3.74. The molecule has 0 spiro atoms. The number of hydrogen-bond acceptors (Lipinski definition) is 5. The van der Waals surface area contributed by atoms with Gasteiger partial charge >= 0.3 is 11.7 Å². The van der Waals surface area contributed by atoms with Gasteiger partial charge < -0.3 is 10.1 Å². The minimum absolute atomic E-state index is 0.133.